The second-order valence-electron chi connectivity index (χ2n) is 5.75. The number of aryl methyl sites for hydroxylation is 1. The molecule has 0 heterocycles. The predicted molar refractivity (Wildman–Crippen MR) is 90.9 cm³/mol. The van der Waals surface area contributed by atoms with Gasteiger partial charge in [0, 0.05) is 24.3 Å². The largest absolute Gasteiger partial charge is 0.326 e. The Kier molecular flexibility index (Phi) is 5.31. The Hall–Kier alpha value is -2.17. The van der Waals surface area contributed by atoms with Crippen LogP contribution in [0.2, 0.25) is 0 Å². The molecule has 0 saturated heterocycles. The van der Waals surface area contributed by atoms with Crippen LogP contribution in [0.3, 0.4) is 0 Å². The fourth-order valence-electron chi connectivity index (χ4n) is 2.30. The van der Waals surface area contributed by atoms with Gasteiger partial charge in [-0.1, -0.05) is 29.8 Å². The van der Waals surface area contributed by atoms with Crippen molar-refractivity contribution in [1.82, 2.24) is 4.90 Å². The van der Waals surface area contributed by atoms with Crippen LogP contribution in [-0.4, -0.2) is 24.9 Å². The Morgan fingerprint density at radius 2 is 1.82 bits per heavy atom. The maximum absolute atomic E-state index is 12.4. The number of hydrogen-bond donors (Lipinski definition) is 2. The number of nitrogens with one attached hydrogen (secondary N) is 1. The highest BCUT2D eigenvalue weighted by molar-refractivity contribution is 6.04. The fraction of sp³-hybridized carbons (Fsp3) is 0.278. The van der Waals surface area contributed by atoms with Crippen molar-refractivity contribution in [3.05, 3.63) is 64.7 Å². The fourth-order valence-corrected chi connectivity index (χ4v) is 2.30. The van der Waals surface area contributed by atoms with Gasteiger partial charge in [0.2, 0.25) is 0 Å². The van der Waals surface area contributed by atoms with Crippen molar-refractivity contribution in [3.8, 4) is 0 Å². The van der Waals surface area contributed by atoms with Crippen molar-refractivity contribution in [2.24, 2.45) is 5.73 Å². The van der Waals surface area contributed by atoms with E-state index in [0.717, 1.165) is 23.4 Å². The second kappa shape index (κ2) is 7.20. The molecule has 0 fully saturated rings. The number of anilines is 1. The van der Waals surface area contributed by atoms with E-state index in [2.05, 4.69) is 23.2 Å². The van der Waals surface area contributed by atoms with Crippen LogP contribution in [0.4, 0.5) is 5.69 Å². The summed E-state index contributed by atoms with van der Waals surface area (Å²) in [5.41, 5.74) is 10.4. The summed E-state index contributed by atoms with van der Waals surface area (Å²) < 4.78 is 0. The Morgan fingerprint density at radius 3 is 2.41 bits per heavy atom. The van der Waals surface area contributed by atoms with E-state index in [0.29, 0.717) is 12.1 Å². The van der Waals surface area contributed by atoms with Crippen LogP contribution in [0.5, 0.6) is 0 Å². The molecule has 2 aromatic carbocycles. The Labute approximate surface area is 131 Å². The summed E-state index contributed by atoms with van der Waals surface area (Å²) in [4.78, 5) is 14.5. The van der Waals surface area contributed by atoms with Gasteiger partial charge in [0.15, 0.2) is 0 Å². The van der Waals surface area contributed by atoms with Gasteiger partial charge < -0.3 is 16.0 Å². The standard InChI is InChI=1S/C18H23N3O/c1-13-4-9-17(16(10-13)12-21(2)3)20-18(22)15-7-5-14(11-19)6-8-15/h4-10H,11-12,19H2,1-3H3,(H,20,22). The van der Waals surface area contributed by atoms with Gasteiger partial charge in [-0.25, -0.2) is 0 Å². The minimum absolute atomic E-state index is 0.104. The van der Waals surface area contributed by atoms with Gasteiger partial charge in [-0.05, 0) is 50.3 Å². The summed E-state index contributed by atoms with van der Waals surface area (Å²) in [5.74, 6) is -0.104. The molecule has 0 aromatic heterocycles. The highest BCUT2D eigenvalue weighted by Crippen LogP contribution is 2.20. The molecular weight excluding hydrogens is 274 g/mol. The molecule has 2 aromatic rings. The van der Waals surface area contributed by atoms with E-state index in [-0.39, 0.29) is 5.91 Å². The van der Waals surface area contributed by atoms with Crippen molar-refractivity contribution < 1.29 is 4.79 Å². The molecule has 0 atom stereocenters. The lowest BCUT2D eigenvalue weighted by Crippen LogP contribution is -2.17. The van der Waals surface area contributed by atoms with Gasteiger partial charge in [-0.15, -0.1) is 0 Å². The van der Waals surface area contributed by atoms with Crippen molar-refractivity contribution in [3.63, 3.8) is 0 Å². The van der Waals surface area contributed by atoms with E-state index < -0.39 is 0 Å². The SMILES string of the molecule is Cc1ccc(NC(=O)c2ccc(CN)cc2)c(CN(C)C)c1. The van der Waals surface area contributed by atoms with Gasteiger partial charge in [0.25, 0.3) is 5.91 Å². The van der Waals surface area contributed by atoms with E-state index in [1.165, 1.54) is 5.56 Å². The molecule has 0 aliphatic rings. The molecule has 1 amide bonds. The van der Waals surface area contributed by atoms with Crippen LogP contribution >= 0.6 is 0 Å². The molecule has 0 unspecified atom stereocenters. The third kappa shape index (κ3) is 4.16. The highest BCUT2D eigenvalue weighted by Gasteiger charge is 2.10. The summed E-state index contributed by atoms with van der Waals surface area (Å²) in [7, 11) is 4.03. The van der Waals surface area contributed by atoms with Crippen molar-refractivity contribution >= 4 is 11.6 Å². The van der Waals surface area contributed by atoms with E-state index in [4.69, 9.17) is 5.73 Å². The summed E-state index contributed by atoms with van der Waals surface area (Å²) in [6.07, 6.45) is 0. The smallest absolute Gasteiger partial charge is 0.255 e. The Morgan fingerprint density at radius 1 is 1.14 bits per heavy atom. The minimum Gasteiger partial charge on any atom is -0.326 e. The summed E-state index contributed by atoms with van der Waals surface area (Å²) in [5, 5.41) is 3.00. The second-order valence-corrected chi connectivity index (χ2v) is 5.75. The normalized spacial score (nSPS) is 10.8. The maximum Gasteiger partial charge on any atom is 0.255 e. The summed E-state index contributed by atoms with van der Waals surface area (Å²) in [6, 6.07) is 13.4. The molecule has 2 rings (SSSR count). The molecule has 0 radical (unpaired) electrons. The average molecular weight is 297 g/mol. The number of hydrogen-bond acceptors (Lipinski definition) is 3. The minimum atomic E-state index is -0.104. The maximum atomic E-state index is 12.4. The van der Waals surface area contributed by atoms with Crippen molar-refractivity contribution in [1.29, 1.82) is 0 Å². The molecule has 4 nitrogen and oxygen atoms in total. The number of carbonyl (C=O) groups excluding carboxylic acids is 1. The van der Waals surface area contributed by atoms with Gasteiger partial charge in [-0.2, -0.15) is 0 Å². The molecule has 0 spiro atoms. The molecule has 116 valence electrons. The van der Waals surface area contributed by atoms with Crippen LogP contribution in [0, 0.1) is 6.92 Å². The monoisotopic (exact) mass is 297 g/mol. The van der Waals surface area contributed by atoms with Crippen molar-refractivity contribution in [2.45, 2.75) is 20.0 Å². The Bertz CT molecular complexity index is 648. The van der Waals surface area contributed by atoms with Gasteiger partial charge >= 0.3 is 0 Å². The number of nitrogens with zero attached hydrogens (tertiary/aromatic N) is 1. The lowest BCUT2D eigenvalue weighted by Gasteiger charge is -2.16. The van der Waals surface area contributed by atoms with Crippen LogP contribution in [0.15, 0.2) is 42.5 Å². The lowest BCUT2D eigenvalue weighted by atomic mass is 10.1. The first-order valence-corrected chi connectivity index (χ1v) is 7.34. The first-order valence-electron chi connectivity index (χ1n) is 7.34. The zero-order valence-corrected chi connectivity index (χ0v) is 13.4. The van der Waals surface area contributed by atoms with Crippen LogP contribution in [0.25, 0.3) is 0 Å². The van der Waals surface area contributed by atoms with Gasteiger partial charge in [0.05, 0.1) is 0 Å². The number of carbonyl (C=O) groups is 1. The third-order valence-electron chi connectivity index (χ3n) is 3.45. The molecule has 0 bridgehead atoms. The van der Waals surface area contributed by atoms with E-state index in [1.807, 2.05) is 38.4 Å². The summed E-state index contributed by atoms with van der Waals surface area (Å²) in [6.45, 7) is 3.31. The van der Waals surface area contributed by atoms with Crippen LogP contribution < -0.4 is 11.1 Å². The number of amides is 1. The summed E-state index contributed by atoms with van der Waals surface area (Å²) >= 11 is 0. The quantitative estimate of drug-likeness (QED) is 0.892. The predicted octanol–water partition coefficient (Wildman–Crippen LogP) is 2.77. The van der Waals surface area contributed by atoms with Crippen LogP contribution in [-0.2, 0) is 13.1 Å². The van der Waals surface area contributed by atoms with E-state index >= 15 is 0 Å². The molecular formula is C18H23N3O. The highest BCUT2D eigenvalue weighted by atomic mass is 16.1. The molecule has 0 aliphatic heterocycles. The third-order valence-corrected chi connectivity index (χ3v) is 3.45. The molecule has 0 saturated carbocycles. The number of rotatable bonds is 5. The molecule has 0 aliphatic carbocycles. The first kappa shape index (κ1) is 16.2. The average Bonchev–Trinajstić information content (AvgIpc) is 2.49. The van der Waals surface area contributed by atoms with E-state index in [1.54, 1.807) is 12.1 Å². The number of benzene rings is 2. The Balaban J connectivity index is 2.19. The molecule has 3 N–H and O–H groups in total. The van der Waals surface area contributed by atoms with Gasteiger partial charge in [0.1, 0.15) is 0 Å². The molecule has 4 heteroatoms. The first-order chi connectivity index (χ1) is 10.5. The number of nitrogens with two attached hydrogens (primary N) is 1. The zero-order valence-electron chi connectivity index (χ0n) is 13.4. The van der Waals surface area contributed by atoms with Crippen molar-refractivity contribution in [2.75, 3.05) is 19.4 Å². The van der Waals surface area contributed by atoms with Gasteiger partial charge in [-0.3, -0.25) is 4.79 Å². The molecule has 22 heavy (non-hydrogen) atoms. The van der Waals surface area contributed by atoms with Crippen LogP contribution in [0.1, 0.15) is 27.0 Å². The topological polar surface area (TPSA) is 58.4 Å². The lowest BCUT2D eigenvalue weighted by molar-refractivity contribution is 0.102. The van der Waals surface area contributed by atoms with E-state index in [9.17, 15) is 4.79 Å². The zero-order chi connectivity index (χ0) is 16.1.